The number of hydrogen-bond acceptors (Lipinski definition) is 4. The minimum absolute atomic E-state index is 0.0122. The highest BCUT2D eigenvalue weighted by Gasteiger charge is 2.42. The lowest BCUT2D eigenvalue weighted by atomic mass is 9.70. The van der Waals surface area contributed by atoms with Crippen molar-refractivity contribution in [1.82, 2.24) is 0 Å². The number of nitro groups is 1. The normalized spacial score (nSPS) is 22.3. The molecule has 104 valence electrons. The molecular formula is C14H13ClN2O3. The molecule has 0 saturated heterocycles. The predicted molar refractivity (Wildman–Crippen MR) is 73.3 cm³/mol. The molecule has 0 amide bonds. The Labute approximate surface area is 121 Å². The number of Topliss-reactive ketones (excluding diaryl/α,β-unsaturated/α-hetero) is 1. The lowest BCUT2D eigenvalue weighted by Crippen LogP contribution is -2.35. The smallest absolute Gasteiger partial charge is 0.274 e. The van der Waals surface area contributed by atoms with Crippen molar-refractivity contribution in [1.29, 1.82) is 5.26 Å². The third-order valence-electron chi connectivity index (χ3n) is 3.77. The molecule has 0 aliphatic heterocycles. The summed E-state index contributed by atoms with van der Waals surface area (Å²) in [6, 6.07) is 6.46. The molecule has 1 aromatic carbocycles. The topological polar surface area (TPSA) is 84.0 Å². The van der Waals surface area contributed by atoms with E-state index >= 15 is 0 Å². The van der Waals surface area contributed by atoms with E-state index in [1.165, 1.54) is 12.1 Å². The minimum atomic E-state index is -1.17. The lowest BCUT2D eigenvalue weighted by molar-refractivity contribution is -0.385. The molecule has 5 nitrogen and oxygen atoms in total. The predicted octanol–water partition coefficient (Wildman–Crippen LogP) is 3.44. The standard InChI is InChI=1S/C14H13ClN2O3/c15-11-4-3-5-12(17(19)20)10(11)8-14(9-16)7-2-1-6-13(14)18/h3-5H,1-2,6-8H2. The van der Waals surface area contributed by atoms with Gasteiger partial charge in [0.1, 0.15) is 5.41 Å². The number of ketones is 1. The summed E-state index contributed by atoms with van der Waals surface area (Å²) in [4.78, 5) is 22.6. The molecule has 1 aliphatic rings. The number of halogens is 1. The Balaban J connectivity index is 2.45. The number of nitrogens with zero attached hydrogens (tertiary/aromatic N) is 2. The number of nitriles is 1. The summed E-state index contributed by atoms with van der Waals surface area (Å²) in [6.45, 7) is 0. The van der Waals surface area contributed by atoms with Crippen LogP contribution in [0.5, 0.6) is 0 Å². The number of benzene rings is 1. The van der Waals surface area contributed by atoms with Gasteiger partial charge < -0.3 is 0 Å². The number of carbonyl (C=O) groups is 1. The van der Waals surface area contributed by atoms with Crippen LogP contribution in [-0.2, 0) is 11.2 Å². The van der Waals surface area contributed by atoms with Gasteiger partial charge in [-0.2, -0.15) is 5.26 Å². The van der Waals surface area contributed by atoms with E-state index in [-0.39, 0.29) is 28.5 Å². The summed E-state index contributed by atoms with van der Waals surface area (Å²) >= 11 is 6.03. The molecule has 20 heavy (non-hydrogen) atoms. The zero-order valence-electron chi connectivity index (χ0n) is 10.8. The third-order valence-corrected chi connectivity index (χ3v) is 4.13. The molecule has 0 radical (unpaired) electrons. The molecular weight excluding hydrogens is 280 g/mol. The molecule has 0 N–H and O–H groups in total. The maximum Gasteiger partial charge on any atom is 0.274 e. The van der Waals surface area contributed by atoms with Crippen molar-refractivity contribution < 1.29 is 9.72 Å². The van der Waals surface area contributed by atoms with E-state index in [4.69, 9.17) is 11.6 Å². The van der Waals surface area contributed by atoms with Gasteiger partial charge in [0.15, 0.2) is 5.78 Å². The summed E-state index contributed by atoms with van der Waals surface area (Å²) in [5, 5.41) is 20.7. The first-order valence-corrected chi connectivity index (χ1v) is 6.74. The molecule has 0 spiro atoms. The zero-order chi connectivity index (χ0) is 14.8. The molecule has 1 atom stereocenters. The van der Waals surface area contributed by atoms with Crippen LogP contribution in [0.25, 0.3) is 0 Å². The molecule has 6 heteroatoms. The maximum absolute atomic E-state index is 12.1. The Hall–Kier alpha value is -1.93. The van der Waals surface area contributed by atoms with Crippen LogP contribution in [0.3, 0.4) is 0 Å². The fraction of sp³-hybridized carbons (Fsp3) is 0.429. The first-order chi connectivity index (χ1) is 9.50. The second kappa shape index (κ2) is 5.59. The van der Waals surface area contributed by atoms with Gasteiger partial charge in [0.2, 0.25) is 0 Å². The van der Waals surface area contributed by atoms with Crippen molar-refractivity contribution in [3.63, 3.8) is 0 Å². The van der Waals surface area contributed by atoms with Gasteiger partial charge in [-0.1, -0.05) is 24.1 Å². The van der Waals surface area contributed by atoms with E-state index < -0.39 is 10.3 Å². The van der Waals surface area contributed by atoms with E-state index in [9.17, 15) is 20.2 Å². The fourth-order valence-corrected chi connectivity index (χ4v) is 2.87. The van der Waals surface area contributed by atoms with Gasteiger partial charge in [-0.25, -0.2) is 0 Å². The number of hydrogen-bond donors (Lipinski definition) is 0. The Morgan fingerprint density at radius 2 is 2.20 bits per heavy atom. The first kappa shape index (κ1) is 14.5. The summed E-state index contributed by atoms with van der Waals surface area (Å²) in [5.41, 5.74) is -1.03. The average molecular weight is 293 g/mol. The van der Waals surface area contributed by atoms with Crippen molar-refractivity contribution in [3.8, 4) is 6.07 Å². The summed E-state index contributed by atoms with van der Waals surface area (Å²) in [6.07, 6.45) is 2.35. The molecule has 1 aromatic rings. The van der Waals surface area contributed by atoms with Crippen molar-refractivity contribution in [3.05, 3.63) is 38.9 Å². The van der Waals surface area contributed by atoms with Gasteiger partial charge >= 0.3 is 0 Å². The van der Waals surface area contributed by atoms with Gasteiger partial charge in [0.05, 0.1) is 21.6 Å². The monoisotopic (exact) mass is 292 g/mol. The van der Waals surface area contributed by atoms with Crippen LogP contribution in [0.1, 0.15) is 31.2 Å². The largest absolute Gasteiger partial charge is 0.298 e. The van der Waals surface area contributed by atoms with Crippen LogP contribution < -0.4 is 0 Å². The van der Waals surface area contributed by atoms with Crippen molar-refractivity contribution >= 4 is 23.1 Å². The second-order valence-electron chi connectivity index (χ2n) is 5.00. The molecule has 0 aromatic heterocycles. The Kier molecular flexibility index (Phi) is 4.05. The average Bonchev–Trinajstić information content (AvgIpc) is 2.43. The Morgan fingerprint density at radius 1 is 1.45 bits per heavy atom. The van der Waals surface area contributed by atoms with E-state index in [2.05, 4.69) is 6.07 Å². The van der Waals surface area contributed by atoms with Gasteiger partial charge in [-0.15, -0.1) is 0 Å². The summed E-state index contributed by atoms with van der Waals surface area (Å²) in [7, 11) is 0. The van der Waals surface area contributed by atoms with E-state index in [0.717, 1.165) is 12.8 Å². The van der Waals surface area contributed by atoms with Crippen LogP contribution in [0.15, 0.2) is 18.2 Å². The van der Waals surface area contributed by atoms with Crippen molar-refractivity contribution in [2.45, 2.75) is 32.1 Å². The van der Waals surface area contributed by atoms with E-state index in [0.29, 0.717) is 12.8 Å². The summed E-state index contributed by atoms with van der Waals surface area (Å²) in [5.74, 6) is -0.138. The molecule has 1 saturated carbocycles. The highest BCUT2D eigenvalue weighted by atomic mass is 35.5. The molecule has 0 bridgehead atoms. The molecule has 1 fully saturated rings. The Bertz CT molecular complexity index is 609. The highest BCUT2D eigenvalue weighted by molar-refractivity contribution is 6.31. The highest BCUT2D eigenvalue weighted by Crippen LogP contribution is 2.40. The molecule has 1 unspecified atom stereocenters. The number of nitro benzene ring substituents is 1. The van der Waals surface area contributed by atoms with Crippen LogP contribution in [0.2, 0.25) is 5.02 Å². The lowest BCUT2D eigenvalue weighted by Gasteiger charge is -2.29. The minimum Gasteiger partial charge on any atom is -0.298 e. The molecule has 1 aliphatic carbocycles. The van der Waals surface area contributed by atoms with Crippen LogP contribution in [-0.4, -0.2) is 10.7 Å². The zero-order valence-corrected chi connectivity index (χ0v) is 11.5. The fourth-order valence-electron chi connectivity index (χ4n) is 2.63. The van der Waals surface area contributed by atoms with Crippen LogP contribution in [0, 0.1) is 26.9 Å². The first-order valence-electron chi connectivity index (χ1n) is 6.36. The SMILES string of the molecule is N#CC1(Cc2c(Cl)cccc2[N+](=O)[O-])CCCCC1=O. The number of carbonyl (C=O) groups excluding carboxylic acids is 1. The molecule has 2 rings (SSSR count). The van der Waals surface area contributed by atoms with Crippen molar-refractivity contribution in [2.75, 3.05) is 0 Å². The van der Waals surface area contributed by atoms with Gasteiger partial charge in [-0.05, 0) is 18.9 Å². The molecule has 0 heterocycles. The van der Waals surface area contributed by atoms with Crippen LogP contribution >= 0.6 is 11.6 Å². The van der Waals surface area contributed by atoms with Crippen molar-refractivity contribution in [2.24, 2.45) is 5.41 Å². The third kappa shape index (κ3) is 2.52. The summed E-state index contributed by atoms with van der Waals surface area (Å²) < 4.78 is 0. The van der Waals surface area contributed by atoms with Gasteiger partial charge in [-0.3, -0.25) is 14.9 Å². The second-order valence-corrected chi connectivity index (χ2v) is 5.40. The quantitative estimate of drug-likeness (QED) is 0.631. The Morgan fingerprint density at radius 3 is 2.80 bits per heavy atom. The maximum atomic E-state index is 12.1. The van der Waals surface area contributed by atoms with E-state index in [1.807, 2.05) is 0 Å². The van der Waals surface area contributed by atoms with Gasteiger partial charge in [0, 0.05) is 18.9 Å². The number of rotatable bonds is 3. The van der Waals surface area contributed by atoms with E-state index in [1.54, 1.807) is 6.07 Å². The van der Waals surface area contributed by atoms with Gasteiger partial charge in [0.25, 0.3) is 5.69 Å². The van der Waals surface area contributed by atoms with Crippen LogP contribution in [0.4, 0.5) is 5.69 Å².